The van der Waals surface area contributed by atoms with E-state index in [1.807, 2.05) is 39.8 Å². The lowest BCUT2D eigenvalue weighted by Crippen LogP contribution is -2.42. The molecular formula is C40H46N4O7. The van der Waals surface area contributed by atoms with Gasteiger partial charge in [-0.1, -0.05) is 32.1 Å². The van der Waals surface area contributed by atoms with Crippen molar-refractivity contribution in [3.8, 4) is 0 Å². The van der Waals surface area contributed by atoms with Crippen molar-refractivity contribution in [1.82, 2.24) is 20.6 Å². The number of Topliss-reactive ketones (excluding diaryl/α,β-unsaturated/α-hetero) is 1. The first-order valence-corrected chi connectivity index (χ1v) is 17.4. The molecule has 0 aromatic carbocycles. The predicted octanol–water partition coefficient (Wildman–Crippen LogP) is 3.63. The Balaban J connectivity index is 1.62. The summed E-state index contributed by atoms with van der Waals surface area (Å²) in [5.74, 6) is -2.97. The van der Waals surface area contributed by atoms with Crippen molar-refractivity contribution in [1.29, 1.82) is 0 Å². The maximum Gasteiger partial charge on any atom is 0.320 e. The van der Waals surface area contributed by atoms with Crippen LogP contribution >= 0.6 is 0 Å². The van der Waals surface area contributed by atoms with E-state index in [1.165, 1.54) is 7.11 Å². The first-order chi connectivity index (χ1) is 24.3. The van der Waals surface area contributed by atoms with Gasteiger partial charge in [0.25, 0.3) is 0 Å². The van der Waals surface area contributed by atoms with Crippen molar-refractivity contribution in [2.75, 3.05) is 13.7 Å². The van der Waals surface area contributed by atoms with E-state index in [4.69, 9.17) is 9.47 Å². The van der Waals surface area contributed by atoms with Gasteiger partial charge < -0.3 is 35.2 Å². The van der Waals surface area contributed by atoms with E-state index in [-0.39, 0.29) is 30.8 Å². The molecule has 8 bridgehead atoms. The van der Waals surface area contributed by atoms with Gasteiger partial charge in [-0.2, -0.15) is 0 Å². The molecule has 5 heterocycles. The van der Waals surface area contributed by atoms with Crippen molar-refractivity contribution in [3.63, 3.8) is 0 Å². The average Bonchev–Trinajstić information content (AvgIpc) is 3.82. The van der Waals surface area contributed by atoms with Gasteiger partial charge in [0.05, 0.1) is 18.5 Å². The summed E-state index contributed by atoms with van der Waals surface area (Å²) in [6.45, 7) is 15.8. The van der Waals surface area contributed by atoms with Crippen LogP contribution < -0.4 is 21.3 Å². The van der Waals surface area contributed by atoms with Crippen LogP contribution in [0, 0.1) is 31.6 Å². The molecule has 3 aliphatic heterocycles. The highest BCUT2D eigenvalue weighted by Crippen LogP contribution is 2.43. The van der Waals surface area contributed by atoms with Crippen molar-refractivity contribution in [2.24, 2.45) is 17.8 Å². The largest absolute Gasteiger partial charge is 0.468 e. The molecule has 5 N–H and O–H groups in total. The Morgan fingerprint density at radius 1 is 1.12 bits per heavy atom. The summed E-state index contributed by atoms with van der Waals surface area (Å²) < 4.78 is 10.7. The van der Waals surface area contributed by atoms with Gasteiger partial charge in [-0.15, -0.1) is 0 Å². The molecule has 1 aliphatic carbocycles. The maximum atomic E-state index is 14.2. The zero-order valence-electron chi connectivity index (χ0n) is 30.2. The minimum absolute atomic E-state index is 0.130. The number of ketones is 1. The molecule has 2 aromatic rings. The van der Waals surface area contributed by atoms with E-state index in [0.29, 0.717) is 62.8 Å². The number of aromatic amines is 2. The number of hydrogen-bond donors (Lipinski definition) is 5. The summed E-state index contributed by atoms with van der Waals surface area (Å²) in [6, 6.07) is -0.537. The molecule has 1 fully saturated rings. The Kier molecular flexibility index (Phi) is 9.45. The molecule has 11 heteroatoms. The van der Waals surface area contributed by atoms with Gasteiger partial charge in [0.1, 0.15) is 12.5 Å². The third-order valence-electron chi connectivity index (χ3n) is 10.9. The van der Waals surface area contributed by atoms with Gasteiger partial charge in [-0.3, -0.25) is 19.2 Å². The number of aromatic nitrogens is 2. The van der Waals surface area contributed by atoms with E-state index in [2.05, 4.69) is 34.1 Å². The third-order valence-corrected chi connectivity index (χ3v) is 10.9. The van der Waals surface area contributed by atoms with Gasteiger partial charge >= 0.3 is 11.9 Å². The van der Waals surface area contributed by atoms with E-state index in [0.717, 1.165) is 34.4 Å². The average molecular weight is 695 g/mol. The number of nitrogens with one attached hydrogen (secondary N) is 4. The van der Waals surface area contributed by atoms with Gasteiger partial charge in [0, 0.05) is 57.2 Å². The minimum Gasteiger partial charge on any atom is -0.468 e. The summed E-state index contributed by atoms with van der Waals surface area (Å²) in [6.07, 6.45) is 10.7. The number of esters is 2. The Morgan fingerprint density at radius 3 is 2.51 bits per heavy atom. The van der Waals surface area contributed by atoms with Gasteiger partial charge in [-0.05, 0) is 93.0 Å². The second kappa shape index (κ2) is 13.5. The quantitative estimate of drug-likeness (QED) is 0.114. The van der Waals surface area contributed by atoms with Crippen molar-refractivity contribution >= 4 is 53.9 Å². The Morgan fingerprint density at radius 2 is 1.86 bits per heavy atom. The molecule has 6 rings (SSSR count). The van der Waals surface area contributed by atoms with Crippen molar-refractivity contribution in [2.45, 2.75) is 72.6 Å². The van der Waals surface area contributed by atoms with Crippen LogP contribution in [0.5, 0.6) is 0 Å². The van der Waals surface area contributed by atoms with Crippen molar-refractivity contribution < 1.29 is 33.8 Å². The lowest BCUT2D eigenvalue weighted by molar-refractivity contribution is -0.143. The third kappa shape index (κ3) is 5.93. The number of carbonyl (C=O) groups is 4. The fourth-order valence-electron chi connectivity index (χ4n) is 8.12. The summed E-state index contributed by atoms with van der Waals surface area (Å²) in [5, 5.41) is 20.0. The van der Waals surface area contributed by atoms with E-state index < -0.39 is 29.4 Å². The Labute approximate surface area is 297 Å². The second-order valence-corrected chi connectivity index (χ2v) is 14.0. The molecule has 0 spiro atoms. The molecule has 0 saturated carbocycles. The smallest absolute Gasteiger partial charge is 0.320 e. The predicted molar refractivity (Wildman–Crippen MR) is 195 cm³/mol. The zero-order chi connectivity index (χ0) is 36.9. The van der Waals surface area contributed by atoms with Gasteiger partial charge in [0.2, 0.25) is 0 Å². The Bertz CT molecular complexity index is 2120. The first kappa shape index (κ1) is 35.7. The standard InChI is InChI=1S/C40H46N4O7/c1-9-23-20(5)27-15-28-21(6)24(11-12-32(46)51-14-13-19(3)4)36(42-28)34-35(39(48)50-8)38(47)33-22(7)31(43-37(33)34)17-40(49)26(10-2)25(18-45)30(44-40)16-29(23)41-27/h9,13,15-18,21,24,35-36,41-44,49H,1,10-12,14H2,2-8H3/b28-15-,30-16-,31-17-/t21-,24-,35+,36?,40-/m0/s1. The van der Waals surface area contributed by atoms with Crippen LogP contribution in [0.4, 0.5) is 0 Å². The van der Waals surface area contributed by atoms with Crippen LogP contribution in [0.25, 0.3) is 29.9 Å². The highest BCUT2D eigenvalue weighted by molar-refractivity contribution is 6.19. The molecule has 2 aromatic heterocycles. The highest BCUT2D eigenvalue weighted by Gasteiger charge is 2.49. The number of allylic oxidation sites excluding steroid dienone is 3. The van der Waals surface area contributed by atoms with Crippen LogP contribution in [-0.4, -0.2) is 64.6 Å². The molecule has 1 unspecified atom stereocenters. The molecule has 4 aliphatic rings. The fourth-order valence-corrected chi connectivity index (χ4v) is 8.12. The second-order valence-electron chi connectivity index (χ2n) is 14.0. The van der Waals surface area contributed by atoms with E-state index in [1.54, 1.807) is 25.2 Å². The lowest BCUT2D eigenvalue weighted by atomic mass is 9.80. The summed E-state index contributed by atoms with van der Waals surface area (Å²) in [7, 11) is 1.26. The number of fused-ring (bicyclic) bond motifs is 8. The monoisotopic (exact) mass is 694 g/mol. The van der Waals surface area contributed by atoms with Crippen molar-refractivity contribution in [3.05, 3.63) is 85.1 Å². The van der Waals surface area contributed by atoms with Gasteiger partial charge in [-0.25, -0.2) is 0 Å². The molecule has 51 heavy (non-hydrogen) atoms. The Hall–Kier alpha value is -5.16. The molecular weight excluding hydrogens is 648 g/mol. The number of ether oxygens (including phenoxy) is 2. The number of hydrogen-bond acceptors (Lipinski definition) is 9. The SMILES string of the molecule is C=Cc1c2[nH]c(c1C)/C=C1\NC(C3=c4[nH]/c(c(C)c4C(=O)[C@@H]3C(=O)OC)=C\[C@@]3(O)N/C(=C\2)C(C=O)=C3CC)[C@@H](CCC(=O)OCC=C(C)C)[C@@H]1C. The van der Waals surface area contributed by atoms with Crippen LogP contribution in [0.15, 0.2) is 40.8 Å². The number of rotatable bonds is 9. The number of carbonyl (C=O) groups excluding carboxylic acids is 4. The molecule has 268 valence electrons. The number of aliphatic hydroxyl groups is 1. The van der Waals surface area contributed by atoms with Crippen LogP contribution in [0.1, 0.15) is 85.4 Å². The zero-order valence-corrected chi connectivity index (χ0v) is 30.2. The summed E-state index contributed by atoms with van der Waals surface area (Å²) in [5.41, 5.74) is 6.06. The molecule has 0 radical (unpaired) electrons. The number of methoxy groups -OCH3 is 1. The first-order valence-electron chi connectivity index (χ1n) is 17.4. The molecule has 5 atom stereocenters. The number of aldehydes is 1. The van der Waals surface area contributed by atoms with Crippen LogP contribution in [-0.2, 0) is 23.9 Å². The summed E-state index contributed by atoms with van der Waals surface area (Å²) >= 11 is 0. The molecule has 0 amide bonds. The topological polar surface area (TPSA) is 163 Å². The van der Waals surface area contributed by atoms with E-state index in [9.17, 15) is 24.3 Å². The highest BCUT2D eigenvalue weighted by atomic mass is 16.5. The molecule has 11 nitrogen and oxygen atoms in total. The molecule has 1 saturated heterocycles. The minimum atomic E-state index is -1.76. The maximum absolute atomic E-state index is 14.2. The van der Waals surface area contributed by atoms with Crippen LogP contribution in [0.2, 0.25) is 0 Å². The normalized spacial score (nSPS) is 27.3. The number of H-pyrrole nitrogens is 2. The summed E-state index contributed by atoms with van der Waals surface area (Å²) in [4.78, 5) is 60.0. The fraction of sp³-hybridized carbons (Fsp3) is 0.400. The van der Waals surface area contributed by atoms with Gasteiger partial charge in [0.15, 0.2) is 17.8 Å². The van der Waals surface area contributed by atoms with E-state index >= 15 is 0 Å². The van der Waals surface area contributed by atoms with Crippen LogP contribution in [0.3, 0.4) is 0 Å². The lowest BCUT2D eigenvalue weighted by Gasteiger charge is -2.25.